The molecule has 0 unspecified atom stereocenters. The van der Waals surface area contributed by atoms with Crippen LogP contribution in [0.4, 0.5) is 45.5 Å². The van der Waals surface area contributed by atoms with Gasteiger partial charge in [-0.25, -0.2) is 87.3 Å². The first-order chi connectivity index (χ1) is 66.9. The fraction of sp³-hybridized carbons (Fsp3) is 0.140. The molecule has 20 rings (SSSR count). The summed E-state index contributed by atoms with van der Waals surface area (Å²) in [5, 5.41) is 3.82. The number of anilines is 8. The molecule has 4 aliphatic heterocycles. The van der Waals surface area contributed by atoms with E-state index in [0.717, 1.165) is 49.4 Å². The highest BCUT2D eigenvalue weighted by Gasteiger charge is 2.33. The van der Waals surface area contributed by atoms with Gasteiger partial charge in [-0.2, -0.15) is 0 Å². The van der Waals surface area contributed by atoms with Crippen LogP contribution in [0.3, 0.4) is 0 Å². The summed E-state index contributed by atoms with van der Waals surface area (Å²) in [6.45, 7) is 3.68. The minimum absolute atomic E-state index is 0.0141. The molecule has 36 nitrogen and oxygen atoms in total. The number of halogens is 3. The minimum atomic E-state index is -3.96. The van der Waals surface area contributed by atoms with Gasteiger partial charge in [0.1, 0.15) is 0 Å². The number of aryl methyl sites for hydroxylation is 1. The Kier molecular flexibility index (Phi) is 28.7. The third-order valence-corrected chi connectivity index (χ3v) is 34.6. The van der Waals surface area contributed by atoms with Gasteiger partial charge >= 0.3 is 0 Å². The van der Waals surface area contributed by atoms with Crippen molar-refractivity contribution in [2.45, 2.75) is 26.5 Å². The van der Waals surface area contributed by atoms with Gasteiger partial charge in [-0.1, -0.05) is 59.1 Å². The van der Waals surface area contributed by atoms with E-state index >= 15 is 0 Å². The van der Waals surface area contributed by atoms with Crippen molar-refractivity contribution in [3.05, 3.63) is 313 Å². The average Bonchev–Trinajstić information content (AvgIpc) is 0.817. The molecule has 4 saturated heterocycles. The highest BCUT2D eigenvalue weighted by Crippen LogP contribution is 2.39. The van der Waals surface area contributed by atoms with Gasteiger partial charge < -0.3 is 18.9 Å². The Balaban J connectivity index is 0.000000129. The normalized spacial score (nSPS) is 15.7. The summed E-state index contributed by atoms with van der Waals surface area (Å²) in [4.78, 5) is 35.3. The number of nitrogens with one attached hydrogen (secondary N) is 4. The van der Waals surface area contributed by atoms with Crippen LogP contribution in [-0.4, -0.2) is 184 Å². The molecule has 0 atom stereocenters. The summed E-state index contributed by atoms with van der Waals surface area (Å²) in [5.41, 5.74) is 11.7. The molecule has 7 aromatic heterocycles. The molecule has 11 heterocycles. The SMILES string of the molecule is Cc1ccc(NS(=O)(=O)c2ccc(N3CCOCS3(=O)=O)cc2)cc1-c1nccc2ncccc12.O=S(=O)(Nc1ccc(Cl)c(-c2ccc3cnccc3n2)c1)c1ccc(N2CCOCS2(=O)=O)cc1.O=S(=O)(Nc1ccc(Cl)c(-c2ccc3ncccc3n2)c1)c1ccc(N2CCOCS2(=O)=O)cc1.O=S(=O)(Nc1ccc(Cl)c(-c2ncc3ccccc3n2)c1)c1ccc(N2CCOCS2(=O)=O)cc1. The molecule has 16 aromatic rings. The lowest BCUT2D eigenvalue weighted by Gasteiger charge is -2.28. The quantitative estimate of drug-likeness (QED) is 0.0550. The van der Waals surface area contributed by atoms with Crippen molar-refractivity contribution >= 4 is 204 Å². The van der Waals surface area contributed by atoms with Crippen LogP contribution in [0.1, 0.15) is 5.56 Å². The van der Waals surface area contributed by atoms with Crippen molar-refractivity contribution < 1.29 is 86.3 Å². The first kappa shape index (κ1) is 98.3. The number of sulfonamides is 8. The van der Waals surface area contributed by atoms with Crippen LogP contribution in [-0.2, 0) is 99.1 Å². The van der Waals surface area contributed by atoms with Gasteiger partial charge in [0, 0.05) is 98.3 Å². The van der Waals surface area contributed by atoms with Crippen LogP contribution in [0, 0.1) is 6.92 Å². The topological polar surface area (TPSA) is 474 Å². The number of benzene rings is 9. The van der Waals surface area contributed by atoms with E-state index in [0.29, 0.717) is 100.0 Å². The van der Waals surface area contributed by atoms with Crippen molar-refractivity contribution in [2.75, 3.05) is 112 Å². The van der Waals surface area contributed by atoms with Crippen LogP contribution < -0.4 is 36.1 Å². The zero-order valence-electron chi connectivity index (χ0n) is 73.1. The van der Waals surface area contributed by atoms with Gasteiger partial charge in [0.2, 0.25) is 0 Å². The maximum absolute atomic E-state index is 13.1. The van der Waals surface area contributed by atoms with Crippen molar-refractivity contribution in [1.82, 2.24) is 39.9 Å². The molecule has 140 heavy (non-hydrogen) atoms. The lowest BCUT2D eigenvalue weighted by atomic mass is 10.0. The van der Waals surface area contributed by atoms with Gasteiger partial charge in [0.15, 0.2) is 29.6 Å². The van der Waals surface area contributed by atoms with E-state index in [1.165, 1.54) is 114 Å². The molecule has 0 aliphatic carbocycles. The second kappa shape index (κ2) is 40.9. The Labute approximate surface area is 820 Å². The largest absolute Gasteiger partial charge is 0.362 e. The molecular formula is C93H79Cl3N16O20S8. The smallest absolute Gasteiger partial charge is 0.261 e. The maximum atomic E-state index is 13.1. The summed E-state index contributed by atoms with van der Waals surface area (Å²) in [6.07, 6.45) is 10.1. The zero-order chi connectivity index (χ0) is 98.5. The molecule has 4 aliphatic rings. The zero-order valence-corrected chi connectivity index (χ0v) is 81.9. The van der Waals surface area contributed by atoms with Crippen molar-refractivity contribution in [3.63, 3.8) is 0 Å². The molecule has 0 spiro atoms. The number of nitrogens with zero attached hydrogens (tertiary/aromatic N) is 12. The number of ether oxygens (including phenoxy) is 4. The van der Waals surface area contributed by atoms with Gasteiger partial charge in [-0.3, -0.25) is 56.0 Å². The molecule has 0 saturated carbocycles. The van der Waals surface area contributed by atoms with Gasteiger partial charge in [0.25, 0.3) is 80.2 Å². The third-order valence-electron chi connectivity index (χ3n) is 21.9. The number of aromatic nitrogens is 8. The lowest BCUT2D eigenvalue weighted by Crippen LogP contribution is -2.41. The fourth-order valence-corrected chi connectivity index (χ4v) is 24.9. The van der Waals surface area contributed by atoms with Crippen molar-refractivity contribution in [3.8, 4) is 45.2 Å². The average molecular weight is 2100 g/mol. The first-order valence-corrected chi connectivity index (χ1v) is 55.6. The molecule has 0 amide bonds. The van der Waals surface area contributed by atoms with Crippen LogP contribution in [0.15, 0.2) is 312 Å². The first-order valence-electron chi connectivity index (χ1n) is 42.1. The van der Waals surface area contributed by atoms with E-state index in [-0.39, 0.29) is 77.9 Å². The highest BCUT2D eigenvalue weighted by atomic mass is 35.5. The lowest BCUT2D eigenvalue weighted by molar-refractivity contribution is 0.175. The third kappa shape index (κ3) is 22.4. The van der Waals surface area contributed by atoms with Crippen LogP contribution >= 0.6 is 34.8 Å². The molecule has 720 valence electrons. The highest BCUT2D eigenvalue weighted by molar-refractivity contribution is 7.94. The van der Waals surface area contributed by atoms with Crippen molar-refractivity contribution in [1.29, 1.82) is 0 Å². The Morgan fingerprint density at radius 2 is 0.679 bits per heavy atom. The fourth-order valence-electron chi connectivity index (χ4n) is 15.1. The maximum Gasteiger partial charge on any atom is 0.261 e. The number of hydrogen-bond acceptors (Lipinski definition) is 28. The van der Waals surface area contributed by atoms with Crippen LogP contribution in [0.2, 0.25) is 15.1 Å². The Bertz CT molecular complexity index is 7880. The second-order valence-electron chi connectivity index (χ2n) is 31.3. The predicted molar refractivity (Wildman–Crippen MR) is 537 cm³/mol. The van der Waals surface area contributed by atoms with Crippen LogP contribution in [0.25, 0.3) is 88.9 Å². The molecule has 47 heteroatoms. The summed E-state index contributed by atoms with van der Waals surface area (Å²) >= 11 is 19.1. The Morgan fingerprint density at radius 3 is 1.13 bits per heavy atom. The summed E-state index contributed by atoms with van der Waals surface area (Å²) in [5.74, 6) is -1.25. The van der Waals surface area contributed by atoms with E-state index in [1.807, 2.05) is 73.7 Å². The van der Waals surface area contributed by atoms with Gasteiger partial charge in [-0.05, 0) is 243 Å². The van der Waals surface area contributed by atoms with Crippen molar-refractivity contribution in [2.24, 2.45) is 0 Å². The minimum Gasteiger partial charge on any atom is -0.362 e. The predicted octanol–water partition coefficient (Wildman–Crippen LogP) is 15.2. The van der Waals surface area contributed by atoms with Gasteiger partial charge in [0.05, 0.1) is 155 Å². The number of fused-ring (bicyclic) bond motifs is 4. The van der Waals surface area contributed by atoms with E-state index in [1.54, 1.807) is 128 Å². The van der Waals surface area contributed by atoms with Gasteiger partial charge in [-0.15, -0.1) is 0 Å². The molecule has 4 N–H and O–H groups in total. The monoisotopic (exact) mass is 2100 g/mol. The Morgan fingerprint density at radius 1 is 0.314 bits per heavy atom. The van der Waals surface area contributed by atoms with Crippen LogP contribution in [0.5, 0.6) is 0 Å². The summed E-state index contributed by atoms with van der Waals surface area (Å²) in [6, 6.07) is 67.8. The number of para-hydroxylation sites is 1. The molecule has 0 bridgehead atoms. The number of rotatable bonds is 20. The van der Waals surface area contributed by atoms with E-state index in [4.69, 9.17) is 53.8 Å². The van der Waals surface area contributed by atoms with E-state index < -0.39 is 104 Å². The molecule has 4 fully saturated rings. The standard InChI is InChI=1S/C24H22N4O5S2.3C23H19ClN4O5S2/c1-17-4-5-18(15-22(17)24-21-3-2-11-25-23(21)10-12-26-24)27-35(31,32)20-8-6-19(7-9-20)28-13-14-33-16-34(28,29)30;24-21-7-2-17(13-20(21)23-8-1-16-14-25-10-9-22(16)26-23)27-35(31,32)19-5-3-18(4-6-19)28-11-12-33-15-34(28,29)30;24-20-8-3-16(14-19(20)21-9-10-22-23(26-21)2-1-11-25-22)27-35(31,32)18-6-4-17(5-7-18)28-12-13-33-15-34(28,29)30;24-21-10-5-17(13-20(21)23-25-14-16-3-1-2-4-22(16)26-23)27-35(31,32)19-8-6-18(7-9-19)28-11-12-33-15-34(28,29)30/h2-12,15,27H,13-14,16H2,1H3;1-10,13-14,27H,11-12,15H2;1-11,14,27H,12-13,15H2;1-10,13-14,27H,11-12,15H2. The number of pyridine rings is 6. The Hall–Kier alpha value is -13.3. The molecule has 0 radical (unpaired) electrons. The summed E-state index contributed by atoms with van der Waals surface area (Å²) < 4.78 is 237. The molecule has 9 aromatic carbocycles. The van der Waals surface area contributed by atoms with E-state index in [9.17, 15) is 67.3 Å². The van der Waals surface area contributed by atoms with E-state index in [2.05, 4.69) is 58.8 Å². The summed E-state index contributed by atoms with van der Waals surface area (Å²) in [7, 11) is -30.2. The molecular weight excluding hydrogens is 2020 g/mol. The second-order valence-corrected chi connectivity index (χ2v) is 46.6. The number of hydrogen-bond donors (Lipinski definition) is 4.